The summed E-state index contributed by atoms with van der Waals surface area (Å²) < 4.78 is 0. The predicted molar refractivity (Wildman–Crippen MR) is 108 cm³/mol. The molecule has 0 aliphatic heterocycles. The van der Waals surface area contributed by atoms with Crippen molar-refractivity contribution < 1.29 is 4.79 Å². The van der Waals surface area contributed by atoms with E-state index < -0.39 is 0 Å². The van der Waals surface area contributed by atoms with Gasteiger partial charge < -0.3 is 4.90 Å². The Morgan fingerprint density at radius 1 is 1.07 bits per heavy atom. The number of hydrogen-bond acceptors (Lipinski definition) is 5. The summed E-state index contributed by atoms with van der Waals surface area (Å²) in [7, 11) is 3.83. The molecule has 0 unspecified atom stereocenters. The molecule has 0 fully saturated rings. The number of aromatic nitrogens is 3. The number of pyridine rings is 1. The summed E-state index contributed by atoms with van der Waals surface area (Å²) in [6.45, 7) is 0. The summed E-state index contributed by atoms with van der Waals surface area (Å²) in [4.78, 5) is 27.7. The molecule has 2 heterocycles. The molecule has 5 nitrogen and oxygen atoms in total. The first-order valence-electron chi connectivity index (χ1n) is 8.33. The summed E-state index contributed by atoms with van der Waals surface area (Å²) >= 11 is 12.3. The van der Waals surface area contributed by atoms with Crippen LogP contribution in [0.5, 0.6) is 0 Å². The number of anilines is 1. The minimum atomic E-state index is -0.128. The van der Waals surface area contributed by atoms with Crippen LogP contribution in [0.4, 0.5) is 5.82 Å². The van der Waals surface area contributed by atoms with Crippen LogP contribution in [0.2, 0.25) is 10.0 Å². The van der Waals surface area contributed by atoms with Crippen LogP contribution in [0.15, 0.2) is 48.9 Å². The van der Waals surface area contributed by atoms with E-state index in [-0.39, 0.29) is 12.2 Å². The van der Waals surface area contributed by atoms with E-state index in [4.69, 9.17) is 23.2 Å². The SMILES string of the molecule is CN(C)c1cncc(Cc2cc(CC(=O)c3c(Cl)cccc3Cl)ccn2)n1. The zero-order valence-electron chi connectivity index (χ0n) is 15.0. The minimum Gasteiger partial charge on any atom is -0.361 e. The van der Waals surface area contributed by atoms with Gasteiger partial charge in [-0.1, -0.05) is 29.3 Å². The zero-order valence-corrected chi connectivity index (χ0v) is 16.5. The number of nitrogens with zero attached hydrogens (tertiary/aromatic N) is 4. The number of ketones is 1. The van der Waals surface area contributed by atoms with Crippen molar-refractivity contribution in [3.8, 4) is 0 Å². The van der Waals surface area contributed by atoms with Crippen LogP contribution >= 0.6 is 23.2 Å². The topological polar surface area (TPSA) is 59.0 Å². The van der Waals surface area contributed by atoms with Crippen LogP contribution in [0.25, 0.3) is 0 Å². The summed E-state index contributed by atoms with van der Waals surface area (Å²) in [6, 6.07) is 8.75. The predicted octanol–water partition coefficient (Wildman–Crippen LogP) is 4.26. The first kappa shape index (κ1) is 19.3. The van der Waals surface area contributed by atoms with E-state index in [2.05, 4.69) is 15.0 Å². The highest BCUT2D eigenvalue weighted by atomic mass is 35.5. The molecular formula is C20H18Cl2N4O. The summed E-state index contributed by atoms with van der Waals surface area (Å²) in [5.41, 5.74) is 2.82. The minimum absolute atomic E-state index is 0.128. The molecule has 7 heteroatoms. The molecule has 0 bridgehead atoms. The number of Topliss-reactive ketones (excluding diaryl/α,β-unsaturated/α-hetero) is 1. The van der Waals surface area contributed by atoms with Gasteiger partial charge in [0, 0.05) is 45.0 Å². The molecule has 0 aliphatic rings. The van der Waals surface area contributed by atoms with E-state index >= 15 is 0 Å². The first-order chi connectivity index (χ1) is 12.9. The van der Waals surface area contributed by atoms with Crippen molar-refractivity contribution in [3.63, 3.8) is 0 Å². The average Bonchev–Trinajstić information content (AvgIpc) is 2.62. The second kappa shape index (κ2) is 8.46. The number of hydrogen-bond donors (Lipinski definition) is 0. The van der Waals surface area contributed by atoms with Crippen LogP contribution in [-0.4, -0.2) is 34.8 Å². The van der Waals surface area contributed by atoms with Gasteiger partial charge in [-0.25, -0.2) is 4.98 Å². The van der Waals surface area contributed by atoms with Crippen LogP contribution in [0.1, 0.15) is 27.3 Å². The molecule has 27 heavy (non-hydrogen) atoms. The molecule has 0 atom stereocenters. The van der Waals surface area contributed by atoms with Gasteiger partial charge in [0.1, 0.15) is 5.82 Å². The third-order valence-electron chi connectivity index (χ3n) is 3.98. The quantitative estimate of drug-likeness (QED) is 0.578. The van der Waals surface area contributed by atoms with E-state index in [0.717, 1.165) is 22.8 Å². The molecule has 3 rings (SSSR count). The second-order valence-electron chi connectivity index (χ2n) is 6.29. The van der Waals surface area contributed by atoms with Gasteiger partial charge in [-0.15, -0.1) is 0 Å². The van der Waals surface area contributed by atoms with E-state index in [1.54, 1.807) is 36.8 Å². The van der Waals surface area contributed by atoms with E-state index in [9.17, 15) is 4.79 Å². The van der Waals surface area contributed by atoms with Crippen LogP contribution in [0.3, 0.4) is 0 Å². The van der Waals surface area contributed by atoms with Crippen LogP contribution in [0, 0.1) is 0 Å². The number of halogens is 2. The summed E-state index contributed by atoms with van der Waals surface area (Å²) in [5, 5.41) is 0.718. The van der Waals surface area contributed by atoms with Crippen LogP contribution in [-0.2, 0) is 12.8 Å². The van der Waals surface area contributed by atoms with Crippen molar-refractivity contribution in [2.45, 2.75) is 12.8 Å². The Hall–Kier alpha value is -2.50. The molecule has 0 saturated heterocycles. The highest BCUT2D eigenvalue weighted by Gasteiger charge is 2.15. The lowest BCUT2D eigenvalue weighted by Gasteiger charge is -2.11. The van der Waals surface area contributed by atoms with E-state index in [0.29, 0.717) is 22.0 Å². The lowest BCUT2D eigenvalue weighted by Crippen LogP contribution is -2.12. The molecule has 0 spiro atoms. The number of carbonyl (C=O) groups is 1. The maximum atomic E-state index is 12.6. The smallest absolute Gasteiger partial charge is 0.170 e. The summed E-state index contributed by atoms with van der Waals surface area (Å²) in [6.07, 6.45) is 5.84. The van der Waals surface area contributed by atoms with Crippen molar-refractivity contribution >= 4 is 34.8 Å². The number of benzene rings is 1. The van der Waals surface area contributed by atoms with Gasteiger partial charge in [0.2, 0.25) is 0 Å². The lowest BCUT2D eigenvalue weighted by molar-refractivity contribution is 0.0993. The van der Waals surface area contributed by atoms with Crippen molar-refractivity contribution in [3.05, 3.63) is 81.5 Å². The standard InChI is InChI=1S/C20H18Cl2N4O/c1-26(2)19-12-23-11-15(25-19)10-14-8-13(6-7-24-14)9-18(27)20-16(21)4-3-5-17(20)22/h3-8,11-12H,9-10H2,1-2H3. The van der Waals surface area contributed by atoms with Gasteiger partial charge in [0.25, 0.3) is 0 Å². The summed E-state index contributed by atoms with van der Waals surface area (Å²) in [5.74, 6) is 0.657. The Bertz CT molecular complexity index is 955. The highest BCUT2D eigenvalue weighted by molar-refractivity contribution is 6.39. The third-order valence-corrected chi connectivity index (χ3v) is 4.61. The number of carbonyl (C=O) groups excluding carboxylic acids is 1. The van der Waals surface area contributed by atoms with E-state index in [1.165, 1.54) is 0 Å². The van der Waals surface area contributed by atoms with Crippen molar-refractivity contribution in [1.29, 1.82) is 0 Å². The normalized spacial score (nSPS) is 10.7. The Labute approximate surface area is 168 Å². The van der Waals surface area contributed by atoms with Gasteiger partial charge in [0.05, 0.1) is 27.5 Å². The highest BCUT2D eigenvalue weighted by Crippen LogP contribution is 2.26. The van der Waals surface area contributed by atoms with E-state index in [1.807, 2.05) is 31.1 Å². The monoisotopic (exact) mass is 400 g/mol. The number of rotatable bonds is 6. The Kier molecular flexibility index (Phi) is 6.04. The van der Waals surface area contributed by atoms with Crippen molar-refractivity contribution in [1.82, 2.24) is 15.0 Å². The van der Waals surface area contributed by atoms with Gasteiger partial charge >= 0.3 is 0 Å². The molecular weight excluding hydrogens is 383 g/mol. The van der Waals surface area contributed by atoms with Crippen molar-refractivity contribution in [2.75, 3.05) is 19.0 Å². The first-order valence-corrected chi connectivity index (χ1v) is 9.09. The maximum Gasteiger partial charge on any atom is 0.170 e. The molecule has 2 aromatic heterocycles. The Morgan fingerprint density at radius 3 is 2.52 bits per heavy atom. The second-order valence-corrected chi connectivity index (χ2v) is 7.11. The fraction of sp³-hybridized carbons (Fsp3) is 0.200. The largest absolute Gasteiger partial charge is 0.361 e. The molecule has 1 aromatic carbocycles. The average molecular weight is 401 g/mol. The fourth-order valence-corrected chi connectivity index (χ4v) is 3.26. The molecule has 0 N–H and O–H groups in total. The maximum absolute atomic E-state index is 12.6. The Balaban J connectivity index is 1.78. The molecule has 138 valence electrons. The molecule has 3 aromatic rings. The van der Waals surface area contributed by atoms with Crippen LogP contribution < -0.4 is 4.90 Å². The molecule has 0 saturated carbocycles. The van der Waals surface area contributed by atoms with Gasteiger partial charge in [-0.05, 0) is 29.8 Å². The van der Waals surface area contributed by atoms with Gasteiger partial charge in [-0.2, -0.15) is 0 Å². The molecule has 0 aliphatic carbocycles. The third kappa shape index (κ3) is 4.81. The van der Waals surface area contributed by atoms with Gasteiger partial charge in [0.15, 0.2) is 5.78 Å². The molecule has 0 amide bonds. The van der Waals surface area contributed by atoms with Crippen molar-refractivity contribution in [2.24, 2.45) is 0 Å². The zero-order chi connectivity index (χ0) is 19.4. The van der Waals surface area contributed by atoms with Gasteiger partial charge in [-0.3, -0.25) is 14.8 Å². The molecule has 0 radical (unpaired) electrons. The fourth-order valence-electron chi connectivity index (χ4n) is 2.65. The Morgan fingerprint density at radius 2 is 1.81 bits per heavy atom. The lowest BCUT2D eigenvalue weighted by atomic mass is 10.0.